The van der Waals surface area contributed by atoms with Crippen molar-refractivity contribution >= 4 is 121 Å². The van der Waals surface area contributed by atoms with Gasteiger partial charge in [-0.05, 0) is 67.8 Å². The monoisotopic (exact) mass is 987 g/mol. The van der Waals surface area contributed by atoms with Gasteiger partial charge in [0.15, 0.2) is 18.8 Å². The maximum atomic E-state index is 13.6. The van der Waals surface area contributed by atoms with Gasteiger partial charge in [0, 0.05) is 45.2 Å². The maximum absolute atomic E-state index is 13.6. The summed E-state index contributed by atoms with van der Waals surface area (Å²) in [6, 6.07) is 0. The number of halogens is 3. The summed E-state index contributed by atoms with van der Waals surface area (Å²) in [5.74, 6) is -5.44. The van der Waals surface area contributed by atoms with Crippen molar-refractivity contribution in [3.05, 3.63) is 21.8 Å². The molecule has 2 N–H and O–H groups in total. The third-order valence-corrected chi connectivity index (χ3v) is 8.63. The molecule has 0 spiro atoms. The molecule has 1 aromatic rings. The van der Waals surface area contributed by atoms with Crippen LogP contribution in [0.25, 0.3) is 0 Å². The van der Waals surface area contributed by atoms with E-state index in [0.717, 1.165) is 39.5 Å². The molecule has 0 heterocycles. The van der Waals surface area contributed by atoms with E-state index in [-0.39, 0.29) is 53.8 Å². The molecule has 19 heteroatoms. The zero-order chi connectivity index (χ0) is 35.3. The number of carbonyl (C=O) groups is 8. The molecule has 0 saturated heterocycles. The second-order valence-corrected chi connectivity index (χ2v) is 12.5. The zero-order valence-corrected chi connectivity index (χ0v) is 32.1. The molecule has 16 nitrogen and oxygen atoms in total. The van der Waals surface area contributed by atoms with Gasteiger partial charge in [-0.15, -0.1) is 0 Å². The van der Waals surface area contributed by atoms with Crippen molar-refractivity contribution < 1.29 is 62.0 Å². The number of benzene rings is 1. The van der Waals surface area contributed by atoms with E-state index in [2.05, 4.69) is 10.6 Å². The first-order valence-electron chi connectivity index (χ1n) is 13.1. The molecule has 0 radical (unpaired) electrons. The van der Waals surface area contributed by atoms with E-state index in [9.17, 15) is 38.4 Å². The lowest BCUT2D eigenvalue weighted by molar-refractivity contribution is -0.155. The standard InChI is InChI=1S/C27H32I3N3O13/c1-12(34)42-9-17(45-15(4)37)7-31-26(40)20-22(28)21(27(41)32-8-18(46-16(5)38)10-43-13(2)35)24(30)25(23(20)29)33(6)19(39)11-44-14(3)36/h17-18H,7-11H2,1-6H3,(H,31,40)(H,32,41). The van der Waals surface area contributed by atoms with Crippen LogP contribution >= 0.6 is 67.8 Å². The van der Waals surface area contributed by atoms with Crippen LogP contribution in [0.1, 0.15) is 55.3 Å². The van der Waals surface area contributed by atoms with Crippen molar-refractivity contribution in [3.8, 4) is 0 Å². The van der Waals surface area contributed by atoms with E-state index in [1.54, 1.807) is 22.6 Å². The summed E-state index contributed by atoms with van der Waals surface area (Å²) in [6.45, 7) is 3.91. The molecule has 0 aliphatic carbocycles. The summed E-state index contributed by atoms with van der Waals surface area (Å²) in [6.07, 6.45) is -2.06. The quantitative estimate of drug-likeness (QED) is 0.145. The van der Waals surface area contributed by atoms with Gasteiger partial charge in [-0.2, -0.15) is 0 Å². The fraction of sp³-hybridized carbons (Fsp3) is 0.481. The molecule has 0 aliphatic rings. The number of carbonyl (C=O) groups excluding carboxylic acids is 8. The van der Waals surface area contributed by atoms with Gasteiger partial charge in [-0.25, -0.2) is 0 Å². The number of esters is 5. The molecule has 0 aromatic heterocycles. The molecular weight excluding hydrogens is 955 g/mol. The Morgan fingerprint density at radius 3 is 1.30 bits per heavy atom. The summed E-state index contributed by atoms with van der Waals surface area (Å²) in [5.41, 5.74) is 0.0841. The van der Waals surface area contributed by atoms with Crippen LogP contribution in [-0.4, -0.2) is 99.7 Å². The molecule has 2 atom stereocenters. The van der Waals surface area contributed by atoms with E-state index in [1.807, 2.05) is 45.2 Å². The summed E-state index contributed by atoms with van der Waals surface area (Å²) in [4.78, 5) is 98.3. The second-order valence-electron chi connectivity index (χ2n) is 9.26. The fourth-order valence-electron chi connectivity index (χ4n) is 3.48. The normalized spacial score (nSPS) is 11.7. The minimum Gasteiger partial charge on any atom is -0.462 e. The smallest absolute Gasteiger partial charge is 0.303 e. The van der Waals surface area contributed by atoms with E-state index >= 15 is 0 Å². The molecule has 1 aromatic carbocycles. The van der Waals surface area contributed by atoms with Gasteiger partial charge in [0.25, 0.3) is 17.7 Å². The van der Waals surface area contributed by atoms with Crippen LogP contribution in [-0.2, 0) is 52.5 Å². The fourth-order valence-corrected chi connectivity index (χ4v) is 8.35. The first-order chi connectivity index (χ1) is 21.4. The van der Waals surface area contributed by atoms with Crippen molar-refractivity contribution in [1.82, 2.24) is 10.6 Å². The van der Waals surface area contributed by atoms with Crippen LogP contribution in [0.4, 0.5) is 5.69 Å². The maximum Gasteiger partial charge on any atom is 0.303 e. The van der Waals surface area contributed by atoms with Crippen molar-refractivity contribution in [3.63, 3.8) is 0 Å². The van der Waals surface area contributed by atoms with Crippen LogP contribution in [0, 0.1) is 10.7 Å². The number of anilines is 1. The highest BCUT2D eigenvalue weighted by molar-refractivity contribution is 14.1. The lowest BCUT2D eigenvalue weighted by Crippen LogP contribution is -2.40. The molecule has 46 heavy (non-hydrogen) atoms. The highest BCUT2D eigenvalue weighted by Gasteiger charge is 2.32. The molecule has 0 bridgehead atoms. The summed E-state index contributed by atoms with van der Waals surface area (Å²) < 4.78 is 25.6. The number of rotatable bonds is 15. The average molecular weight is 987 g/mol. The molecule has 1 rings (SSSR count). The van der Waals surface area contributed by atoms with Gasteiger partial charge < -0.3 is 39.2 Å². The Kier molecular flexibility index (Phi) is 17.7. The van der Waals surface area contributed by atoms with Gasteiger partial charge in [0.1, 0.15) is 13.2 Å². The van der Waals surface area contributed by atoms with E-state index < -0.39 is 66.4 Å². The van der Waals surface area contributed by atoms with E-state index in [1.165, 1.54) is 7.05 Å². The lowest BCUT2D eigenvalue weighted by atomic mass is 10.1. The van der Waals surface area contributed by atoms with Crippen molar-refractivity contribution in [1.29, 1.82) is 0 Å². The Labute approximate surface area is 305 Å². The molecule has 2 unspecified atom stereocenters. The van der Waals surface area contributed by atoms with Gasteiger partial charge in [0.05, 0.1) is 37.0 Å². The van der Waals surface area contributed by atoms with Gasteiger partial charge in [-0.3, -0.25) is 38.4 Å². The molecule has 254 valence electrons. The van der Waals surface area contributed by atoms with Crippen LogP contribution < -0.4 is 15.5 Å². The van der Waals surface area contributed by atoms with Crippen LogP contribution in [0.2, 0.25) is 0 Å². The molecule has 3 amide bonds. The third-order valence-electron chi connectivity index (χ3n) is 5.45. The predicted octanol–water partition coefficient (Wildman–Crippen LogP) is 1.48. The molecular formula is C27H32I3N3O13. The molecule has 0 fully saturated rings. The van der Waals surface area contributed by atoms with Gasteiger partial charge in [0.2, 0.25) is 0 Å². The van der Waals surface area contributed by atoms with Crippen LogP contribution in [0.3, 0.4) is 0 Å². The number of amides is 3. The highest BCUT2D eigenvalue weighted by Crippen LogP contribution is 2.37. The number of hydrogen-bond donors (Lipinski definition) is 2. The van der Waals surface area contributed by atoms with Crippen LogP contribution in [0.5, 0.6) is 0 Å². The predicted molar refractivity (Wildman–Crippen MR) is 184 cm³/mol. The summed E-state index contributed by atoms with van der Waals surface area (Å²) in [5, 5.41) is 5.20. The number of likely N-dealkylation sites (N-methyl/N-ethyl adjacent to an activating group) is 1. The van der Waals surface area contributed by atoms with E-state index in [4.69, 9.17) is 23.7 Å². The Hall–Kier alpha value is -2.83. The summed E-state index contributed by atoms with van der Waals surface area (Å²) >= 11 is 5.47. The van der Waals surface area contributed by atoms with Gasteiger partial charge >= 0.3 is 29.8 Å². The minimum absolute atomic E-state index is 0.0283. The highest BCUT2D eigenvalue weighted by atomic mass is 127. The Balaban J connectivity index is 3.61. The van der Waals surface area contributed by atoms with E-state index in [0.29, 0.717) is 0 Å². The number of nitrogens with one attached hydrogen (secondary N) is 2. The second kappa shape index (κ2) is 19.7. The zero-order valence-electron chi connectivity index (χ0n) is 25.6. The summed E-state index contributed by atoms with van der Waals surface area (Å²) in [7, 11) is 1.37. The first-order valence-corrected chi connectivity index (χ1v) is 16.4. The van der Waals surface area contributed by atoms with Crippen molar-refractivity contribution in [2.45, 2.75) is 46.8 Å². The Morgan fingerprint density at radius 1 is 0.609 bits per heavy atom. The number of ether oxygens (including phenoxy) is 5. The Morgan fingerprint density at radius 2 is 0.978 bits per heavy atom. The van der Waals surface area contributed by atoms with Crippen LogP contribution in [0.15, 0.2) is 0 Å². The third kappa shape index (κ3) is 13.5. The number of nitrogens with zero attached hydrogens (tertiary/aromatic N) is 1. The van der Waals surface area contributed by atoms with Gasteiger partial charge in [-0.1, -0.05) is 0 Å². The minimum atomic E-state index is -1.03. The lowest BCUT2D eigenvalue weighted by Gasteiger charge is -2.25. The SMILES string of the molecule is CC(=O)OCC(=O)N(C)c1c(I)c(C(=O)NCC(COC(C)=O)OC(C)=O)c(I)c(C(=O)NCC(COC(C)=O)OC(C)=O)c1I. The van der Waals surface area contributed by atoms with Crippen molar-refractivity contribution in [2.24, 2.45) is 0 Å². The molecule has 0 saturated carbocycles. The molecule has 0 aliphatic heterocycles. The average Bonchev–Trinajstić information content (AvgIpc) is 2.93. The first kappa shape index (κ1) is 41.2. The Bertz CT molecular complexity index is 1310. The largest absolute Gasteiger partial charge is 0.462 e. The topological polar surface area (TPSA) is 210 Å². The van der Waals surface area contributed by atoms with Crippen molar-refractivity contribution in [2.75, 3.05) is 44.9 Å². The number of hydrogen-bond acceptors (Lipinski definition) is 13.